The second-order valence-electron chi connectivity index (χ2n) is 4.55. The van der Waals surface area contributed by atoms with Crippen LogP contribution in [0.4, 0.5) is 0 Å². The second-order valence-corrected chi connectivity index (χ2v) is 4.98. The molecule has 0 fully saturated rings. The molecule has 2 rings (SSSR count). The number of rotatable bonds is 5. The van der Waals surface area contributed by atoms with Crippen LogP contribution in [0.2, 0.25) is 5.02 Å². The average Bonchev–Trinajstić information content (AvgIpc) is 2.47. The van der Waals surface area contributed by atoms with E-state index in [1.807, 2.05) is 19.9 Å². The number of hydrogen-bond donors (Lipinski definition) is 0. The molecule has 1 heterocycles. The van der Waals surface area contributed by atoms with Gasteiger partial charge in [0, 0.05) is 22.3 Å². The zero-order valence-corrected chi connectivity index (χ0v) is 12.3. The highest BCUT2D eigenvalue weighted by atomic mass is 35.5. The van der Waals surface area contributed by atoms with Gasteiger partial charge in [0.1, 0.15) is 5.75 Å². The van der Waals surface area contributed by atoms with Gasteiger partial charge < -0.3 is 4.74 Å². The summed E-state index contributed by atoms with van der Waals surface area (Å²) in [5, 5.41) is 0.547. The minimum Gasteiger partial charge on any atom is -0.492 e. The van der Waals surface area contributed by atoms with Crippen LogP contribution in [0.3, 0.4) is 0 Å². The number of ether oxygens (including phenoxy) is 1. The molecule has 0 atom stereocenters. The van der Waals surface area contributed by atoms with Crippen LogP contribution in [0.1, 0.15) is 34.8 Å². The van der Waals surface area contributed by atoms with Crippen molar-refractivity contribution in [2.45, 2.75) is 20.3 Å². The van der Waals surface area contributed by atoms with Crippen molar-refractivity contribution in [2.24, 2.45) is 0 Å². The van der Waals surface area contributed by atoms with Crippen LogP contribution < -0.4 is 4.74 Å². The van der Waals surface area contributed by atoms with Crippen molar-refractivity contribution >= 4 is 17.4 Å². The minimum atomic E-state index is -0.0977. The maximum atomic E-state index is 12.5. The van der Waals surface area contributed by atoms with Gasteiger partial charge in [-0.25, -0.2) is 0 Å². The first-order valence-corrected chi connectivity index (χ1v) is 6.88. The van der Waals surface area contributed by atoms with Crippen LogP contribution in [0.25, 0.3) is 0 Å². The van der Waals surface area contributed by atoms with E-state index in [2.05, 4.69) is 4.98 Å². The Balaban J connectivity index is 2.31. The van der Waals surface area contributed by atoms with E-state index in [-0.39, 0.29) is 5.78 Å². The Hall–Kier alpha value is -1.87. The van der Waals surface area contributed by atoms with Gasteiger partial charge in [0.2, 0.25) is 0 Å². The number of nitrogens with zero attached hydrogens (tertiary/aromatic N) is 1. The Morgan fingerprint density at radius 1 is 1.30 bits per heavy atom. The van der Waals surface area contributed by atoms with Crippen molar-refractivity contribution in [3.63, 3.8) is 0 Å². The molecule has 4 heteroatoms. The highest BCUT2D eigenvalue weighted by Crippen LogP contribution is 2.20. The van der Waals surface area contributed by atoms with Crippen molar-refractivity contribution in [3.05, 3.63) is 58.4 Å². The molecule has 0 bridgehead atoms. The fraction of sp³-hybridized carbons (Fsp3) is 0.250. The van der Waals surface area contributed by atoms with Crippen LogP contribution in [0.15, 0.2) is 36.7 Å². The number of benzene rings is 1. The van der Waals surface area contributed by atoms with E-state index in [0.717, 1.165) is 12.0 Å². The van der Waals surface area contributed by atoms with Gasteiger partial charge in [0.05, 0.1) is 12.8 Å². The molecule has 0 aliphatic rings. The summed E-state index contributed by atoms with van der Waals surface area (Å²) in [4.78, 5) is 16.5. The number of aryl methyl sites for hydroxylation is 1. The topological polar surface area (TPSA) is 39.2 Å². The van der Waals surface area contributed by atoms with Gasteiger partial charge in [-0.15, -0.1) is 0 Å². The molecule has 20 heavy (non-hydrogen) atoms. The SMILES string of the molecule is CCCOc1cncc(C(=O)c2cc(Cl)ccc2C)c1. The Morgan fingerprint density at radius 2 is 2.10 bits per heavy atom. The fourth-order valence-corrected chi connectivity index (χ4v) is 2.01. The zero-order chi connectivity index (χ0) is 14.5. The molecule has 3 nitrogen and oxygen atoms in total. The molecule has 104 valence electrons. The molecule has 0 aliphatic carbocycles. The number of carbonyl (C=O) groups excluding carboxylic acids is 1. The third-order valence-corrected chi connectivity index (χ3v) is 3.13. The summed E-state index contributed by atoms with van der Waals surface area (Å²) in [5.74, 6) is 0.511. The summed E-state index contributed by atoms with van der Waals surface area (Å²) in [6, 6.07) is 7.00. The summed E-state index contributed by atoms with van der Waals surface area (Å²) in [5.41, 5.74) is 1.98. The van der Waals surface area contributed by atoms with E-state index < -0.39 is 0 Å². The molecule has 0 radical (unpaired) electrons. The van der Waals surface area contributed by atoms with E-state index in [1.165, 1.54) is 0 Å². The van der Waals surface area contributed by atoms with Crippen LogP contribution >= 0.6 is 11.6 Å². The number of aromatic nitrogens is 1. The van der Waals surface area contributed by atoms with Gasteiger partial charge >= 0.3 is 0 Å². The molecule has 2 aromatic rings. The Kier molecular flexibility index (Phi) is 4.74. The number of carbonyl (C=O) groups is 1. The lowest BCUT2D eigenvalue weighted by Gasteiger charge is -2.08. The highest BCUT2D eigenvalue weighted by molar-refractivity contribution is 6.31. The van der Waals surface area contributed by atoms with Crippen LogP contribution in [0.5, 0.6) is 5.75 Å². The number of hydrogen-bond acceptors (Lipinski definition) is 3. The first kappa shape index (κ1) is 14.5. The van der Waals surface area contributed by atoms with E-state index >= 15 is 0 Å². The minimum absolute atomic E-state index is 0.0977. The van der Waals surface area contributed by atoms with Crippen LogP contribution in [-0.4, -0.2) is 17.4 Å². The Labute approximate surface area is 123 Å². The zero-order valence-electron chi connectivity index (χ0n) is 11.5. The summed E-state index contributed by atoms with van der Waals surface area (Å²) in [7, 11) is 0. The lowest BCUT2D eigenvalue weighted by Crippen LogP contribution is -2.05. The second kappa shape index (κ2) is 6.53. The number of ketones is 1. The molecular weight excluding hydrogens is 274 g/mol. The largest absolute Gasteiger partial charge is 0.492 e. The quantitative estimate of drug-likeness (QED) is 0.779. The lowest BCUT2D eigenvalue weighted by atomic mass is 10.0. The predicted molar refractivity (Wildman–Crippen MR) is 79.6 cm³/mol. The number of pyridine rings is 1. The molecular formula is C16H16ClNO2. The van der Waals surface area contributed by atoms with Crippen LogP contribution in [-0.2, 0) is 0 Å². The monoisotopic (exact) mass is 289 g/mol. The third-order valence-electron chi connectivity index (χ3n) is 2.89. The van der Waals surface area contributed by atoms with Crippen molar-refractivity contribution in [1.29, 1.82) is 0 Å². The normalized spacial score (nSPS) is 10.3. The van der Waals surface area contributed by atoms with Gasteiger partial charge in [-0.05, 0) is 37.1 Å². The van der Waals surface area contributed by atoms with Crippen LogP contribution in [0, 0.1) is 6.92 Å². The molecule has 0 amide bonds. The fourth-order valence-electron chi connectivity index (χ4n) is 1.84. The standard InChI is InChI=1S/C16H16ClNO2/c1-3-6-20-14-7-12(9-18-10-14)16(19)15-8-13(17)5-4-11(15)2/h4-5,7-10H,3,6H2,1-2H3. The molecule has 0 saturated heterocycles. The smallest absolute Gasteiger partial charge is 0.195 e. The summed E-state index contributed by atoms with van der Waals surface area (Å²) < 4.78 is 5.50. The van der Waals surface area contributed by atoms with Crippen molar-refractivity contribution in [1.82, 2.24) is 4.98 Å². The number of halogens is 1. The molecule has 0 aliphatic heterocycles. The molecule has 0 N–H and O–H groups in total. The molecule has 0 saturated carbocycles. The molecule has 0 spiro atoms. The lowest BCUT2D eigenvalue weighted by molar-refractivity contribution is 0.103. The van der Waals surface area contributed by atoms with E-state index in [0.29, 0.717) is 28.5 Å². The molecule has 0 unspecified atom stereocenters. The van der Waals surface area contributed by atoms with Crippen molar-refractivity contribution < 1.29 is 9.53 Å². The third kappa shape index (κ3) is 3.36. The van der Waals surface area contributed by atoms with E-state index in [4.69, 9.17) is 16.3 Å². The first-order valence-electron chi connectivity index (χ1n) is 6.50. The molecule has 1 aromatic heterocycles. The van der Waals surface area contributed by atoms with Gasteiger partial charge in [-0.1, -0.05) is 24.6 Å². The molecule has 1 aromatic carbocycles. The Morgan fingerprint density at radius 3 is 2.85 bits per heavy atom. The van der Waals surface area contributed by atoms with Gasteiger partial charge in [0.25, 0.3) is 0 Å². The average molecular weight is 290 g/mol. The maximum absolute atomic E-state index is 12.5. The predicted octanol–water partition coefficient (Wildman–Crippen LogP) is 4.06. The highest BCUT2D eigenvalue weighted by Gasteiger charge is 2.13. The van der Waals surface area contributed by atoms with E-state index in [9.17, 15) is 4.79 Å². The van der Waals surface area contributed by atoms with Gasteiger partial charge in [-0.2, -0.15) is 0 Å². The van der Waals surface area contributed by atoms with E-state index in [1.54, 1.807) is 30.6 Å². The maximum Gasteiger partial charge on any atom is 0.195 e. The summed E-state index contributed by atoms with van der Waals surface area (Å²) >= 11 is 5.96. The van der Waals surface area contributed by atoms with Crippen molar-refractivity contribution in [2.75, 3.05) is 6.61 Å². The summed E-state index contributed by atoms with van der Waals surface area (Å²) in [6.07, 6.45) is 4.06. The first-order chi connectivity index (χ1) is 9.61. The van der Waals surface area contributed by atoms with Crippen molar-refractivity contribution in [3.8, 4) is 5.75 Å². The summed E-state index contributed by atoms with van der Waals surface area (Å²) in [6.45, 7) is 4.52. The van der Waals surface area contributed by atoms with Gasteiger partial charge in [0.15, 0.2) is 5.78 Å². The van der Waals surface area contributed by atoms with Gasteiger partial charge in [-0.3, -0.25) is 9.78 Å². The Bertz CT molecular complexity index is 626.